The first-order chi connectivity index (χ1) is 10.8. The first kappa shape index (κ1) is 21.9. The van der Waals surface area contributed by atoms with Crippen LogP contribution in [0.25, 0.3) is 0 Å². The van der Waals surface area contributed by atoms with Gasteiger partial charge in [0.2, 0.25) is 0 Å². The molecule has 5 nitrogen and oxygen atoms in total. The number of hydrogen-bond donors (Lipinski definition) is 0. The molecule has 23 heavy (non-hydrogen) atoms. The molecular weight excluding hydrogens is 294 g/mol. The van der Waals surface area contributed by atoms with Gasteiger partial charge in [-0.1, -0.05) is 26.7 Å². The second-order valence-corrected chi connectivity index (χ2v) is 6.81. The van der Waals surface area contributed by atoms with Crippen LogP contribution in [0, 0.1) is 11.3 Å². The van der Waals surface area contributed by atoms with Crippen LogP contribution in [0.3, 0.4) is 0 Å². The predicted octanol–water partition coefficient (Wildman–Crippen LogP) is 3.27. The summed E-state index contributed by atoms with van der Waals surface area (Å²) in [4.78, 5) is 26.4. The maximum absolute atomic E-state index is 12.2. The summed E-state index contributed by atoms with van der Waals surface area (Å²) in [6.07, 6.45) is 4.90. The summed E-state index contributed by atoms with van der Waals surface area (Å²) in [7, 11) is 2.79. The van der Waals surface area contributed by atoms with Crippen molar-refractivity contribution in [2.75, 3.05) is 33.9 Å². The van der Waals surface area contributed by atoms with Crippen molar-refractivity contribution in [1.82, 2.24) is 4.90 Å². The largest absolute Gasteiger partial charge is 0.469 e. The van der Waals surface area contributed by atoms with Crippen molar-refractivity contribution in [3.63, 3.8) is 0 Å². The quantitative estimate of drug-likeness (QED) is 0.514. The lowest BCUT2D eigenvalue weighted by atomic mass is 9.82. The second kappa shape index (κ2) is 11.4. The number of hydrogen-bond acceptors (Lipinski definition) is 5. The molecule has 0 aromatic heterocycles. The van der Waals surface area contributed by atoms with Crippen molar-refractivity contribution in [3.8, 4) is 0 Å². The van der Waals surface area contributed by atoms with Crippen LogP contribution >= 0.6 is 0 Å². The van der Waals surface area contributed by atoms with Gasteiger partial charge in [-0.3, -0.25) is 9.59 Å². The predicted molar refractivity (Wildman–Crippen MR) is 92.2 cm³/mol. The van der Waals surface area contributed by atoms with Crippen LogP contribution in [0.15, 0.2) is 0 Å². The van der Waals surface area contributed by atoms with E-state index in [2.05, 4.69) is 18.7 Å². The number of carbonyl (C=O) groups excluding carboxylic acids is 2. The first-order valence-corrected chi connectivity index (χ1v) is 8.70. The van der Waals surface area contributed by atoms with Crippen LogP contribution in [-0.2, 0) is 19.1 Å². The van der Waals surface area contributed by atoms with Crippen LogP contribution in [0.2, 0.25) is 0 Å². The molecule has 0 spiro atoms. The number of methoxy groups -OCH3 is 2. The Bertz CT molecular complexity index is 347. The Morgan fingerprint density at radius 3 is 1.91 bits per heavy atom. The normalized spacial score (nSPS) is 13.0. The fourth-order valence-corrected chi connectivity index (χ4v) is 2.73. The number of carbonyl (C=O) groups is 2. The molecule has 0 aromatic carbocycles. The summed E-state index contributed by atoms with van der Waals surface area (Å²) in [6, 6.07) is 0. The molecule has 0 saturated heterocycles. The van der Waals surface area contributed by atoms with E-state index in [0.717, 1.165) is 38.8 Å². The van der Waals surface area contributed by atoms with E-state index in [1.54, 1.807) is 0 Å². The second-order valence-electron chi connectivity index (χ2n) is 6.81. The molecule has 0 aliphatic heterocycles. The van der Waals surface area contributed by atoms with E-state index in [1.165, 1.54) is 14.2 Å². The van der Waals surface area contributed by atoms with Gasteiger partial charge in [0.15, 0.2) is 0 Å². The van der Waals surface area contributed by atoms with Crippen molar-refractivity contribution >= 4 is 11.9 Å². The van der Waals surface area contributed by atoms with Gasteiger partial charge in [-0.25, -0.2) is 0 Å². The van der Waals surface area contributed by atoms with Gasteiger partial charge in [-0.15, -0.1) is 0 Å². The zero-order valence-corrected chi connectivity index (χ0v) is 15.8. The highest BCUT2D eigenvalue weighted by atomic mass is 16.5. The summed E-state index contributed by atoms with van der Waals surface area (Å²) >= 11 is 0. The third kappa shape index (κ3) is 8.35. The Morgan fingerprint density at radius 1 is 1.00 bits per heavy atom. The Balaban J connectivity index is 4.98. The Morgan fingerprint density at radius 2 is 1.52 bits per heavy atom. The van der Waals surface area contributed by atoms with E-state index in [1.807, 2.05) is 13.8 Å². The van der Waals surface area contributed by atoms with Crippen LogP contribution in [0.1, 0.15) is 59.8 Å². The van der Waals surface area contributed by atoms with Crippen molar-refractivity contribution in [2.45, 2.75) is 59.8 Å². The average Bonchev–Trinajstić information content (AvgIpc) is 2.54. The monoisotopic (exact) mass is 329 g/mol. The molecular formula is C18H35NO4. The average molecular weight is 329 g/mol. The number of unbranched alkanes of at least 4 members (excludes halogenated alkanes) is 2. The Hall–Kier alpha value is -1.10. The maximum atomic E-state index is 12.2. The highest BCUT2D eigenvalue weighted by Crippen LogP contribution is 2.28. The van der Waals surface area contributed by atoms with Gasteiger partial charge in [0.25, 0.3) is 0 Å². The molecule has 0 N–H and O–H groups in total. The molecule has 136 valence electrons. The fourth-order valence-electron chi connectivity index (χ4n) is 2.73. The summed E-state index contributed by atoms with van der Waals surface area (Å²) in [5.41, 5.74) is -0.700. The molecule has 0 amide bonds. The van der Waals surface area contributed by atoms with Crippen molar-refractivity contribution in [3.05, 3.63) is 0 Å². The third-order valence-corrected chi connectivity index (χ3v) is 4.16. The Kier molecular flexibility index (Phi) is 10.9. The SMILES string of the molecule is CCCCN(CCCC)CC(CC(C)(C)C(=O)OC)C(=O)OC. The van der Waals surface area contributed by atoms with Crippen molar-refractivity contribution < 1.29 is 19.1 Å². The number of nitrogens with zero attached hydrogens (tertiary/aromatic N) is 1. The van der Waals surface area contributed by atoms with Gasteiger partial charge in [0, 0.05) is 6.54 Å². The van der Waals surface area contributed by atoms with E-state index in [-0.39, 0.29) is 17.9 Å². The van der Waals surface area contributed by atoms with Crippen molar-refractivity contribution in [1.29, 1.82) is 0 Å². The summed E-state index contributed by atoms with van der Waals surface area (Å²) in [5.74, 6) is -0.858. The van der Waals surface area contributed by atoms with E-state index in [9.17, 15) is 9.59 Å². The van der Waals surface area contributed by atoms with Crippen molar-refractivity contribution in [2.24, 2.45) is 11.3 Å². The molecule has 0 saturated carbocycles. The number of ether oxygens (including phenoxy) is 2. The van der Waals surface area contributed by atoms with Gasteiger partial charge in [-0.2, -0.15) is 0 Å². The smallest absolute Gasteiger partial charge is 0.311 e. The zero-order chi connectivity index (χ0) is 17.9. The minimum Gasteiger partial charge on any atom is -0.469 e. The summed E-state index contributed by atoms with van der Waals surface area (Å²) in [5, 5.41) is 0. The fraction of sp³-hybridized carbons (Fsp3) is 0.889. The van der Waals surface area contributed by atoms with Crippen LogP contribution in [0.4, 0.5) is 0 Å². The number of rotatable bonds is 12. The van der Waals surface area contributed by atoms with E-state index in [0.29, 0.717) is 13.0 Å². The summed E-state index contributed by atoms with van der Waals surface area (Å²) in [6.45, 7) is 10.5. The van der Waals surface area contributed by atoms with Gasteiger partial charge < -0.3 is 14.4 Å². The highest BCUT2D eigenvalue weighted by Gasteiger charge is 2.35. The molecule has 5 heteroatoms. The van der Waals surface area contributed by atoms with Gasteiger partial charge in [-0.05, 0) is 46.2 Å². The lowest BCUT2D eigenvalue weighted by molar-refractivity contribution is -0.155. The number of esters is 2. The standard InChI is InChI=1S/C18H35NO4/c1-7-9-11-19(12-10-8-2)14-15(16(20)22-5)13-18(3,4)17(21)23-6/h15H,7-14H2,1-6H3. The van der Waals surface area contributed by atoms with Gasteiger partial charge in [0.05, 0.1) is 25.6 Å². The minimum absolute atomic E-state index is 0.250. The third-order valence-electron chi connectivity index (χ3n) is 4.16. The molecule has 0 bridgehead atoms. The first-order valence-electron chi connectivity index (χ1n) is 8.70. The molecule has 0 aliphatic rings. The summed E-state index contributed by atoms with van der Waals surface area (Å²) < 4.78 is 9.82. The molecule has 0 fully saturated rings. The molecule has 0 aromatic rings. The van der Waals surface area contributed by atoms with E-state index >= 15 is 0 Å². The van der Waals surface area contributed by atoms with Gasteiger partial charge >= 0.3 is 11.9 Å². The topological polar surface area (TPSA) is 55.8 Å². The van der Waals surface area contributed by atoms with Gasteiger partial charge in [0.1, 0.15) is 0 Å². The van der Waals surface area contributed by atoms with Crippen LogP contribution < -0.4 is 0 Å². The highest BCUT2D eigenvalue weighted by molar-refractivity contribution is 5.78. The lowest BCUT2D eigenvalue weighted by Gasteiger charge is -2.30. The maximum Gasteiger partial charge on any atom is 0.311 e. The minimum atomic E-state index is -0.700. The van der Waals surface area contributed by atoms with E-state index < -0.39 is 5.41 Å². The molecule has 0 aliphatic carbocycles. The lowest BCUT2D eigenvalue weighted by Crippen LogP contribution is -2.39. The van der Waals surface area contributed by atoms with E-state index in [4.69, 9.17) is 9.47 Å². The molecule has 0 radical (unpaired) electrons. The molecule has 0 rings (SSSR count). The molecule has 1 unspecified atom stereocenters. The van der Waals surface area contributed by atoms with Crippen LogP contribution in [0.5, 0.6) is 0 Å². The molecule has 1 atom stereocenters. The molecule has 0 heterocycles. The zero-order valence-electron chi connectivity index (χ0n) is 15.8. The van der Waals surface area contributed by atoms with Crippen LogP contribution in [-0.4, -0.2) is 50.7 Å². The Labute approximate surface area is 141 Å².